The highest BCUT2D eigenvalue weighted by atomic mass is 19.4. The molecule has 0 unspecified atom stereocenters. The molecule has 0 radical (unpaired) electrons. The molecule has 3 heterocycles. The number of piperidine rings is 1. The van der Waals surface area contributed by atoms with E-state index in [9.17, 15) is 22.0 Å². The Labute approximate surface area is 188 Å². The largest absolute Gasteiger partial charge is 0.416 e. The van der Waals surface area contributed by atoms with Crippen molar-refractivity contribution in [3.63, 3.8) is 0 Å². The zero-order valence-corrected chi connectivity index (χ0v) is 18.1. The summed E-state index contributed by atoms with van der Waals surface area (Å²) in [5.41, 5.74) is -0.416. The first kappa shape index (κ1) is 23.4. The average molecular weight is 465 g/mol. The van der Waals surface area contributed by atoms with Crippen LogP contribution in [0.1, 0.15) is 29.7 Å². The van der Waals surface area contributed by atoms with Crippen LogP contribution < -0.4 is 0 Å². The fraction of sp³-hybridized carbons (Fsp3) is 0.375. The number of ether oxygens (including phenoxy) is 1. The lowest BCUT2D eigenvalue weighted by molar-refractivity contribution is -0.137. The topological polar surface area (TPSA) is 41.1 Å². The Morgan fingerprint density at radius 3 is 2.48 bits per heavy atom. The van der Waals surface area contributed by atoms with Gasteiger partial charge in [0.25, 0.3) is 0 Å². The van der Waals surface area contributed by atoms with Gasteiger partial charge in [-0.15, -0.1) is 0 Å². The van der Waals surface area contributed by atoms with Crippen LogP contribution in [0, 0.1) is 11.6 Å². The number of H-pyrrole nitrogens is 1. The number of likely N-dealkylation sites (tertiary alicyclic amines) is 1. The summed E-state index contributed by atoms with van der Waals surface area (Å²) >= 11 is 0. The number of alkyl halides is 3. The first-order valence-corrected chi connectivity index (χ1v) is 10.6. The number of nitrogens with one attached hydrogen (secondary N) is 1. The van der Waals surface area contributed by atoms with Crippen molar-refractivity contribution in [2.45, 2.75) is 31.0 Å². The maximum atomic E-state index is 14.7. The monoisotopic (exact) mass is 465 g/mol. The summed E-state index contributed by atoms with van der Waals surface area (Å²) in [5.74, 6) is -1.31. The summed E-state index contributed by atoms with van der Waals surface area (Å²) in [6.45, 7) is 1.30. The fourth-order valence-corrected chi connectivity index (χ4v) is 4.26. The number of hydrogen-bond donors (Lipinski definition) is 1. The second kappa shape index (κ2) is 9.23. The van der Waals surface area contributed by atoms with E-state index < -0.39 is 28.8 Å². The number of hydrogen-bond acceptors (Lipinski definition) is 3. The minimum Gasteiger partial charge on any atom is -0.374 e. The zero-order valence-electron chi connectivity index (χ0n) is 18.1. The summed E-state index contributed by atoms with van der Waals surface area (Å²) in [6, 6.07) is 8.77. The van der Waals surface area contributed by atoms with Gasteiger partial charge >= 0.3 is 6.18 Å². The van der Waals surface area contributed by atoms with E-state index >= 15 is 0 Å². The molecule has 176 valence electrons. The Morgan fingerprint density at radius 1 is 1.09 bits per heavy atom. The molecule has 33 heavy (non-hydrogen) atoms. The molecule has 0 bridgehead atoms. The second-order valence-electron chi connectivity index (χ2n) is 8.51. The summed E-state index contributed by atoms with van der Waals surface area (Å²) in [5, 5.41) is 0. The van der Waals surface area contributed by atoms with Crippen LogP contribution in [0.25, 0.3) is 11.4 Å². The molecular weight excluding hydrogens is 441 g/mol. The fourth-order valence-electron chi connectivity index (χ4n) is 4.26. The molecule has 0 aliphatic carbocycles. The van der Waals surface area contributed by atoms with Gasteiger partial charge in [0.15, 0.2) is 0 Å². The van der Waals surface area contributed by atoms with Crippen LogP contribution in [-0.4, -0.2) is 41.6 Å². The second-order valence-corrected chi connectivity index (χ2v) is 8.51. The molecule has 0 atom stereocenters. The zero-order chi connectivity index (χ0) is 23.6. The van der Waals surface area contributed by atoms with Gasteiger partial charge in [-0.1, -0.05) is 6.07 Å². The Bertz CT molecular complexity index is 1090. The normalized spacial score (nSPS) is 16.8. The number of halogens is 5. The molecule has 0 spiro atoms. The highest BCUT2D eigenvalue weighted by Gasteiger charge is 2.38. The molecule has 1 fully saturated rings. The van der Waals surface area contributed by atoms with Crippen LogP contribution in [0.5, 0.6) is 0 Å². The van der Waals surface area contributed by atoms with Crippen molar-refractivity contribution in [2.24, 2.45) is 0 Å². The quantitative estimate of drug-likeness (QED) is 0.485. The Morgan fingerprint density at radius 2 is 1.85 bits per heavy atom. The summed E-state index contributed by atoms with van der Waals surface area (Å²) < 4.78 is 74.3. The number of benzene rings is 1. The lowest BCUT2D eigenvalue weighted by Crippen LogP contribution is -2.44. The van der Waals surface area contributed by atoms with E-state index in [0.717, 1.165) is 18.2 Å². The molecule has 1 saturated heterocycles. The first-order valence-electron chi connectivity index (χ1n) is 10.6. The van der Waals surface area contributed by atoms with E-state index in [2.05, 4.69) is 14.9 Å². The smallest absolute Gasteiger partial charge is 0.374 e. The van der Waals surface area contributed by atoms with Crippen molar-refractivity contribution in [3.8, 4) is 11.4 Å². The van der Waals surface area contributed by atoms with Gasteiger partial charge in [-0.05, 0) is 68.9 Å². The maximum absolute atomic E-state index is 14.7. The predicted molar refractivity (Wildman–Crippen MR) is 113 cm³/mol. The van der Waals surface area contributed by atoms with Gasteiger partial charge in [0.2, 0.25) is 0 Å². The standard InChI is InChI=1S/C24H24F5N3O/c1-32-9-6-23(7-10-32,19-5-4-17(25)13-20(19)26)15-33-14-18-11-16(24(27,28)29)12-22(31-18)21-3-2-8-30-21/h2-5,8,11-13,30H,6-7,9-10,14-15H2,1H3. The third-order valence-electron chi connectivity index (χ3n) is 6.15. The lowest BCUT2D eigenvalue weighted by atomic mass is 9.73. The minimum absolute atomic E-state index is 0.0825. The van der Waals surface area contributed by atoms with Gasteiger partial charge in [0.1, 0.15) is 11.6 Å². The van der Waals surface area contributed by atoms with E-state index in [1.165, 1.54) is 12.1 Å². The van der Waals surface area contributed by atoms with Crippen molar-refractivity contribution in [1.82, 2.24) is 14.9 Å². The minimum atomic E-state index is -4.54. The maximum Gasteiger partial charge on any atom is 0.416 e. The lowest BCUT2D eigenvalue weighted by Gasteiger charge is -2.41. The Balaban J connectivity index is 1.58. The van der Waals surface area contributed by atoms with Gasteiger partial charge in [0, 0.05) is 17.7 Å². The van der Waals surface area contributed by atoms with Crippen LogP contribution in [0.2, 0.25) is 0 Å². The molecule has 1 N–H and O–H groups in total. The molecule has 3 aromatic rings. The molecule has 0 amide bonds. The average Bonchev–Trinajstić information content (AvgIpc) is 3.30. The molecule has 9 heteroatoms. The Kier molecular flexibility index (Phi) is 6.54. The van der Waals surface area contributed by atoms with E-state index in [0.29, 0.717) is 37.2 Å². The van der Waals surface area contributed by atoms with E-state index in [4.69, 9.17) is 4.74 Å². The molecular formula is C24H24F5N3O. The Hall–Kier alpha value is -2.78. The number of aromatic nitrogens is 2. The molecule has 4 nitrogen and oxygen atoms in total. The SMILES string of the molecule is CN1CCC(COCc2cc(C(F)(F)F)cc(-c3ccc[nH]3)n2)(c2ccc(F)cc2F)CC1. The molecule has 4 rings (SSSR count). The van der Waals surface area contributed by atoms with Gasteiger partial charge < -0.3 is 14.6 Å². The molecule has 2 aromatic heterocycles. The van der Waals surface area contributed by atoms with Crippen LogP contribution in [0.4, 0.5) is 22.0 Å². The number of aromatic amines is 1. The van der Waals surface area contributed by atoms with Crippen LogP contribution in [-0.2, 0) is 22.9 Å². The van der Waals surface area contributed by atoms with Crippen LogP contribution in [0.3, 0.4) is 0 Å². The number of rotatable bonds is 6. The highest BCUT2D eigenvalue weighted by molar-refractivity contribution is 5.56. The first-order chi connectivity index (χ1) is 15.7. The third-order valence-corrected chi connectivity index (χ3v) is 6.15. The molecule has 1 aliphatic heterocycles. The number of pyridine rings is 1. The summed E-state index contributed by atoms with van der Waals surface area (Å²) in [4.78, 5) is 9.29. The highest BCUT2D eigenvalue weighted by Crippen LogP contribution is 2.38. The van der Waals surface area contributed by atoms with Gasteiger partial charge in [-0.3, -0.25) is 0 Å². The van der Waals surface area contributed by atoms with Crippen molar-refractivity contribution in [3.05, 3.63) is 77.1 Å². The van der Waals surface area contributed by atoms with Crippen LogP contribution in [0.15, 0.2) is 48.7 Å². The number of nitrogens with zero attached hydrogens (tertiary/aromatic N) is 2. The van der Waals surface area contributed by atoms with Crippen LogP contribution >= 0.6 is 0 Å². The van der Waals surface area contributed by atoms with E-state index in [-0.39, 0.29) is 24.6 Å². The predicted octanol–water partition coefficient (Wildman–Crippen LogP) is 5.55. The summed E-state index contributed by atoms with van der Waals surface area (Å²) in [7, 11) is 1.96. The summed E-state index contributed by atoms with van der Waals surface area (Å²) in [6.07, 6.45) is -1.77. The van der Waals surface area contributed by atoms with Gasteiger partial charge in [-0.25, -0.2) is 13.8 Å². The van der Waals surface area contributed by atoms with E-state index in [1.807, 2.05) is 7.05 Å². The van der Waals surface area contributed by atoms with Crippen molar-refractivity contribution in [2.75, 3.05) is 26.7 Å². The molecule has 1 aromatic carbocycles. The van der Waals surface area contributed by atoms with Crippen molar-refractivity contribution in [1.29, 1.82) is 0 Å². The molecule has 0 saturated carbocycles. The molecule has 1 aliphatic rings. The van der Waals surface area contributed by atoms with Crippen molar-refractivity contribution >= 4 is 0 Å². The van der Waals surface area contributed by atoms with Gasteiger partial charge in [-0.2, -0.15) is 13.2 Å². The van der Waals surface area contributed by atoms with E-state index in [1.54, 1.807) is 18.3 Å². The van der Waals surface area contributed by atoms with Gasteiger partial charge in [0.05, 0.1) is 35.9 Å². The van der Waals surface area contributed by atoms with Crippen molar-refractivity contribution < 1.29 is 26.7 Å². The third kappa shape index (κ3) is 5.25.